The molecule has 0 spiro atoms. The number of nitrogens with one attached hydrogen (secondary N) is 1. The first-order valence-electron chi connectivity index (χ1n) is 7.19. The number of ketones is 1. The Bertz CT molecular complexity index is 624. The van der Waals surface area contributed by atoms with E-state index in [9.17, 15) is 4.79 Å². The van der Waals surface area contributed by atoms with E-state index in [1.54, 1.807) is 0 Å². The summed E-state index contributed by atoms with van der Waals surface area (Å²) in [5, 5.41) is 3.44. The van der Waals surface area contributed by atoms with Crippen LogP contribution in [0.25, 0.3) is 0 Å². The van der Waals surface area contributed by atoms with E-state index in [0.29, 0.717) is 5.92 Å². The van der Waals surface area contributed by atoms with Crippen LogP contribution in [0.3, 0.4) is 0 Å². The Morgan fingerprint density at radius 1 is 1.10 bits per heavy atom. The number of carbonyl (C=O) groups is 1. The average molecular weight is 302 g/mol. The van der Waals surface area contributed by atoms with Crippen molar-refractivity contribution in [3.8, 4) is 0 Å². The van der Waals surface area contributed by atoms with Crippen molar-refractivity contribution in [2.75, 3.05) is 13.1 Å². The number of fused-ring (bicyclic) bond motifs is 1. The summed E-state index contributed by atoms with van der Waals surface area (Å²) >= 11 is 0. The van der Waals surface area contributed by atoms with Gasteiger partial charge < -0.3 is 5.32 Å². The molecule has 1 atom stereocenters. The van der Waals surface area contributed by atoms with Crippen LogP contribution in [0.4, 0.5) is 0 Å². The Hall–Kier alpha value is -1.64. The van der Waals surface area contributed by atoms with Gasteiger partial charge in [-0.1, -0.05) is 49.4 Å². The summed E-state index contributed by atoms with van der Waals surface area (Å²) in [6, 6.07) is 15.7. The Morgan fingerprint density at radius 2 is 1.86 bits per heavy atom. The molecule has 1 heterocycles. The van der Waals surface area contributed by atoms with Crippen molar-refractivity contribution >= 4 is 18.2 Å². The van der Waals surface area contributed by atoms with Crippen molar-refractivity contribution in [3.63, 3.8) is 0 Å². The van der Waals surface area contributed by atoms with Crippen LogP contribution in [-0.2, 0) is 6.42 Å². The molecular formula is C18H20ClNO. The predicted octanol–water partition coefficient (Wildman–Crippen LogP) is 3.59. The van der Waals surface area contributed by atoms with Crippen LogP contribution in [0.2, 0.25) is 0 Å². The maximum absolute atomic E-state index is 12.5. The van der Waals surface area contributed by atoms with Gasteiger partial charge in [0.2, 0.25) is 0 Å². The van der Waals surface area contributed by atoms with Crippen molar-refractivity contribution in [1.82, 2.24) is 5.32 Å². The molecule has 2 aromatic rings. The number of rotatable bonds is 2. The van der Waals surface area contributed by atoms with Gasteiger partial charge >= 0.3 is 0 Å². The normalized spacial score (nSPS) is 17.3. The second-order valence-electron chi connectivity index (χ2n) is 5.46. The summed E-state index contributed by atoms with van der Waals surface area (Å²) in [6.07, 6.45) is 1.04. The number of hydrogen-bond acceptors (Lipinski definition) is 2. The minimum absolute atomic E-state index is 0. The lowest BCUT2D eigenvalue weighted by molar-refractivity contribution is 0.103. The van der Waals surface area contributed by atoms with Crippen LogP contribution in [0.1, 0.15) is 39.9 Å². The summed E-state index contributed by atoms with van der Waals surface area (Å²) in [5.41, 5.74) is 4.24. The van der Waals surface area contributed by atoms with Gasteiger partial charge in [-0.2, -0.15) is 0 Å². The highest BCUT2D eigenvalue weighted by Gasteiger charge is 2.17. The Morgan fingerprint density at radius 3 is 2.62 bits per heavy atom. The number of carbonyl (C=O) groups excluding carboxylic acids is 1. The third-order valence-electron chi connectivity index (χ3n) is 4.00. The van der Waals surface area contributed by atoms with Gasteiger partial charge in [-0.25, -0.2) is 0 Å². The third kappa shape index (κ3) is 3.34. The Balaban J connectivity index is 0.00000161. The Kier molecular flexibility index (Phi) is 5.16. The molecule has 2 aromatic carbocycles. The lowest BCUT2D eigenvalue weighted by atomic mass is 9.91. The zero-order valence-electron chi connectivity index (χ0n) is 12.1. The van der Waals surface area contributed by atoms with Crippen LogP contribution in [-0.4, -0.2) is 18.9 Å². The zero-order chi connectivity index (χ0) is 13.9. The molecule has 1 N–H and O–H groups in total. The van der Waals surface area contributed by atoms with Crippen LogP contribution in [0.15, 0.2) is 48.5 Å². The quantitative estimate of drug-likeness (QED) is 0.859. The fraction of sp³-hybridized carbons (Fsp3) is 0.278. The van der Waals surface area contributed by atoms with Crippen molar-refractivity contribution in [2.24, 2.45) is 0 Å². The highest BCUT2D eigenvalue weighted by atomic mass is 35.5. The largest absolute Gasteiger partial charge is 0.316 e. The summed E-state index contributed by atoms with van der Waals surface area (Å²) in [6.45, 7) is 4.22. The Labute approximate surface area is 132 Å². The van der Waals surface area contributed by atoms with Crippen LogP contribution >= 0.6 is 12.4 Å². The molecule has 0 bridgehead atoms. The van der Waals surface area contributed by atoms with Gasteiger partial charge in [0.25, 0.3) is 0 Å². The smallest absolute Gasteiger partial charge is 0.193 e. The predicted molar refractivity (Wildman–Crippen MR) is 88.6 cm³/mol. The zero-order valence-corrected chi connectivity index (χ0v) is 13.0. The molecule has 0 radical (unpaired) electrons. The lowest BCUT2D eigenvalue weighted by Crippen LogP contribution is -2.18. The number of halogens is 1. The molecule has 0 aliphatic carbocycles. The van der Waals surface area contributed by atoms with E-state index in [1.807, 2.05) is 36.4 Å². The van der Waals surface area contributed by atoms with Crippen LogP contribution in [0, 0.1) is 0 Å². The molecular weight excluding hydrogens is 282 g/mol. The van der Waals surface area contributed by atoms with Crippen LogP contribution < -0.4 is 5.32 Å². The molecule has 1 aliphatic rings. The van der Waals surface area contributed by atoms with Crippen molar-refractivity contribution in [1.29, 1.82) is 0 Å². The minimum Gasteiger partial charge on any atom is -0.316 e. The standard InChI is InChI=1S/C18H19NO.ClH/c1-13-12-19-10-9-14-7-8-16(11-17(13)14)18(20)15-5-3-2-4-6-15;/h2-8,11,13,19H,9-10,12H2,1H3;1H/t13-;/m1./s1. The van der Waals surface area contributed by atoms with Gasteiger partial charge in [-0.15, -0.1) is 12.4 Å². The SMILES string of the molecule is C[C@@H]1CNCCc2ccc(C(=O)c3ccccc3)cc21.Cl. The highest BCUT2D eigenvalue weighted by Crippen LogP contribution is 2.24. The molecule has 0 saturated carbocycles. The molecule has 3 rings (SSSR count). The maximum Gasteiger partial charge on any atom is 0.193 e. The topological polar surface area (TPSA) is 29.1 Å². The van der Waals surface area contributed by atoms with Gasteiger partial charge in [0.15, 0.2) is 5.78 Å². The van der Waals surface area contributed by atoms with Gasteiger partial charge in [-0.05, 0) is 36.1 Å². The van der Waals surface area contributed by atoms with E-state index in [-0.39, 0.29) is 18.2 Å². The van der Waals surface area contributed by atoms with Crippen LogP contribution in [0.5, 0.6) is 0 Å². The van der Waals surface area contributed by atoms with E-state index in [1.165, 1.54) is 11.1 Å². The molecule has 2 nitrogen and oxygen atoms in total. The molecule has 110 valence electrons. The second-order valence-corrected chi connectivity index (χ2v) is 5.46. The first-order valence-corrected chi connectivity index (χ1v) is 7.19. The molecule has 3 heteroatoms. The van der Waals surface area contributed by atoms with Crippen molar-refractivity contribution in [3.05, 3.63) is 70.8 Å². The lowest BCUT2D eigenvalue weighted by Gasteiger charge is -2.13. The molecule has 1 aliphatic heterocycles. The summed E-state index contributed by atoms with van der Waals surface area (Å²) < 4.78 is 0. The van der Waals surface area contributed by atoms with Crippen molar-refractivity contribution < 1.29 is 4.79 Å². The monoisotopic (exact) mass is 301 g/mol. The second kappa shape index (κ2) is 6.88. The fourth-order valence-corrected chi connectivity index (χ4v) is 2.83. The molecule has 21 heavy (non-hydrogen) atoms. The van der Waals surface area contributed by atoms with E-state index in [2.05, 4.69) is 24.4 Å². The maximum atomic E-state index is 12.5. The van der Waals surface area contributed by atoms with Gasteiger partial charge in [0.05, 0.1) is 0 Å². The minimum atomic E-state index is 0. The van der Waals surface area contributed by atoms with Crippen molar-refractivity contribution in [2.45, 2.75) is 19.3 Å². The van der Waals surface area contributed by atoms with E-state index in [0.717, 1.165) is 30.6 Å². The molecule has 0 fully saturated rings. The first kappa shape index (κ1) is 15.7. The number of hydrogen-bond donors (Lipinski definition) is 1. The molecule has 0 amide bonds. The van der Waals surface area contributed by atoms with Gasteiger partial charge in [0.1, 0.15) is 0 Å². The van der Waals surface area contributed by atoms with E-state index < -0.39 is 0 Å². The van der Waals surface area contributed by atoms with E-state index in [4.69, 9.17) is 0 Å². The highest BCUT2D eigenvalue weighted by molar-refractivity contribution is 6.09. The van der Waals surface area contributed by atoms with E-state index >= 15 is 0 Å². The summed E-state index contributed by atoms with van der Waals surface area (Å²) in [7, 11) is 0. The molecule has 0 unspecified atom stereocenters. The summed E-state index contributed by atoms with van der Waals surface area (Å²) in [5.74, 6) is 0.564. The number of benzene rings is 2. The first-order chi connectivity index (χ1) is 9.75. The fourth-order valence-electron chi connectivity index (χ4n) is 2.83. The van der Waals surface area contributed by atoms with Gasteiger partial charge in [0, 0.05) is 17.7 Å². The molecule has 0 aromatic heterocycles. The summed E-state index contributed by atoms with van der Waals surface area (Å²) in [4.78, 5) is 12.5. The third-order valence-corrected chi connectivity index (χ3v) is 4.00. The average Bonchev–Trinajstić information content (AvgIpc) is 2.69. The molecule has 0 saturated heterocycles. The van der Waals surface area contributed by atoms with Gasteiger partial charge in [-0.3, -0.25) is 4.79 Å².